The van der Waals surface area contributed by atoms with E-state index in [0.29, 0.717) is 12.6 Å². The van der Waals surface area contributed by atoms with Gasteiger partial charge in [0.05, 0.1) is 18.0 Å². The monoisotopic (exact) mass is 416 g/mol. The van der Waals surface area contributed by atoms with Crippen LogP contribution in [0.5, 0.6) is 0 Å². The van der Waals surface area contributed by atoms with Crippen molar-refractivity contribution < 1.29 is 13.2 Å². The average Bonchev–Trinajstić information content (AvgIpc) is 2.73. The van der Waals surface area contributed by atoms with Gasteiger partial charge in [-0.25, -0.2) is 18.1 Å². The van der Waals surface area contributed by atoms with Gasteiger partial charge < -0.3 is 15.8 Å². The second-order valence-corrected chi connectivity index (χ2v) is 8.78. The van der Waals surface area contributed by atoms with Crippen molar-refractivity contribution in [3.05, 3.63) is 59.2 Å². The van der Waals surface area contributed by atoms with Crippen molar-refractivity contribution in [3.8, 4) is 0 Å². The molecule has 0 spiro atoms. The number of ether oxygens (including phenoxy) is 1. The van der Waals surface area contributed by atoms with Crippen molar-refractivity contribution in [3.63, 3.8) is 0 Å². The fraction of sp³-hybridized carbons (Fsp3) is 0.381. The first-order valence-corrected chi connectivity index (χ1v) is 11.2. The summed E-state index contributed by atoms with van der Waals surface area (Å²) in [6.07, 6.45) is 4.55. The standard InChI is InChI=1S/C21H28N4O3S/c1-28-13-12-24-29(26,27)18-9-4-6-16(14-18)15-23-21(22)25-20-11-5-8-17-7-2-3-10-19(17)20/h4-6,8-9,11,14,24H,2-3,7,10,12-13,15H2,1H3,(H3,22,23,25). The first kappa shape index (κ1) is 21.3. The van der Waals surface area contributed by atoms with Crippen molar-refractivity contribution in [2.45, 2.75) is 37.1 Å². The minimum absolute atomic E-state index is 0.199. The Balaban J connectivity index is 1.67. The van der Waals surface area contributed by atoms with Gasteiger partial charge in [0.15, 0.2) is 5.96 Å². The molecule has 0 radical (unpaired) electrons. The largest absolute Gasteiger partial charge is 0.383 e. The molecule has 0 aromatic heterocycles. The highest BCUT2D eigenvalue weighted by atomic mass is 32.2. The molecule has 8 heteroatoms. The van der Waals surface area contributed by atoms with Gasteiger partial charge in [-0.1, -0.05) is 24.3 Å². The van der Waals surface area contributed by atoms with Crippen molar-refractivity contribution in [1.82, 2.24) is 4.72 Å². The van der Waals surface area contributed by atoms with Gasteiger partial charge in [0.25, 0.3) is 0 Å². The lowest BCUT2D eigenvalue weighted by Gasteiger charge is -2.19. The zero-order valence-electron chi connectivity index (χ0n) is 16.6. The number of nitrogens with one attached hydrogen (secondary N) is 2. The zero-order valence-corrected chi connectivity index (χ0v) is 17.5. The predicted octanol–water partition coefficient (Wildman–Crippen LogP) is 2.42. The van der Waals surface area contributed by atoms with Crippen LogP contribution >= 0.6 is 0 Å². The van der Waals surface area contributed by atoms with Crippen LogP contribution in [-0.2, 0) is 34.1 Å². The summed E-state index contributed by atoms with van der Waals surface area (Å²) in [6.45, 7) is 0.823. The lowest BCUT2D eigenvalue weighted by atomic mass is 9.90. The fourth-order valence-electron chi connectivity index (χ4n) is 3.42. The number of benzene rings is 2. The van der Waals surface area contributed by atoms with E-state index in [-0.39, 0.29) is 18.0 Å². The molecule has 1 aliphatic rings. The highest BCUT2D eigenvalue weighted by Gasteiger charge is 2.14. The van der Waals surface area contributed by atoms with Gasteiger partial charge in [-0.2, -0.15) is 0 Å². The second kappa shape index (κ2) is 9.87. The van der Waals surface area contributed by atoms with Gasteiger partial charge in [-0.15, -0.1) is 0 Å². The van der Waals surface area contributed by atoms with E-state index >= 15 is 0 Å². The van der Waals surface area contributed by atoms with Crippen LogP contribution in [0.3, 0.4) is 0 Å². The third-order valence-corrected chi connectivity index (χ3v) is 6.36. The van der Waals surface area contributed by atoms with Gasteiger partial charge in [0.1, 0.15) is 0 Å². The highest BCUT2D eigenvalue weighted by Crippen LogP contribution is 2.27. The first-order chi connectivity index (χ1) is 14.0. The molecule has 7 nitrogen and oxygen atoms in total. The maximum absolute atomic E-state index is 12.3. The van der Waals surface area contributed by atoms with Gasteiger partial charge >= 0.3 is 0 Å². The van der Waals surface area contributed by atoms with Crippen LogP contribution in [0.15, 0.2) is 52.4 Å². The molecular formula is C21H28N4O3S. The fourth-order valence-corrected chi connectivity index (χ4v) is 4.51. The number of guanidine groups is 1. The number of sulfonamides is 1. The van der Waals surface area contributed by atoms with Crippen LogP contribution in [0.4, 0.5) is 5.69 Å². The molecule has 156 valence electrons. The third kappa shape index (κ3) is 5.79. The Bertz CT molecular complexity index is 974. The number of fused-ring (bicyclic) bond motifs is 1. The Morgan fingerprint density at radius 2 is 1.97 bits per heavy atom. The highest BCUT2D eigenvalue weighted by molar-refractivity contribution is 7.89. The minimum atomic E-state index is -3.58. The van der Waals surface area contributed by atoms with E-state index in [1.165, 1.54) is 31.1 Å². The van der Waals surface area contributed by atoms with Crippen molar-refractivity contribution in [2.75, 3.05) is 25.6 Å². The van der Waals surface area contributed by atoms with Gasteiger partial charge in [-0.05, 0) is 60.6 Å². The molecule has 29 heavy (non-hydrogen) atoms. The number of nitrogens with zero attached hydrogens (tertiary/aromatic N) is 1. The summed E-state index contributed by atoms with van der Waals surface area (Å²) >= 11 is 0. The molecule has 0 amide bonds. The van der Waals surface area contributed by atoms with Crippen LogP contribution in [-0.4, -0.2) is 34.6 Å². The molecule has 0 fully saturated rings. The molecule has 1 aliphatic carbocycles. The second-order valence-electron chi connectivity index (χ2n) is 7.01. The smallest absolute Gasteiger partial charge is 0.240 e. The number of hydrogen-bond donors (Lipinski definition) is 3. The van der Waals surface area contributed by atoms with Gasteiger partial charge in [-0.3, -0.25) is 0 Å². The van der Waals surface area contributed by atoms with E-state index in [0.717, 1.165) is 24.1 Å². The minimum Gasteiger partial charge on any atom is -0.383 e. The molecule has 0 atom stereocenters. The third-order valence-electron chi connectivity index (χ3n) is 4.90. The summed E-state index contributed by atoms with van der Waals surface area (Å²) in [4.78, 5) is 4.58. The topological polar surface area (TPSA) is 106 Å². The van der Waals surface area contributed by atoms with Crippen LogP contribution in [0.25, 0.3) is 0 Å². The normalized spacial score (nSPS) is 14.4. The molecule has 4 N–H and O–H groups in total. The Labute approximate surface area is 172 Å². The van der Waals surface area contributed by atoms with E-state index in [1.807, 2.05) is 18.2 Å². The Hall–Kier alpha value is -2.42. The molecule has 0 heterocycles. The van der Waals surface area contributed by atoms with Crippen LogP contribution in [0.2, 0.25) is 0 Å². The predicted molar refractivity (Wildman–Crippen MR) is 116 cm³/mol. The summed E-state index contributed by atoms with van der Waals surface area (Å²) in [6, 6.07) is 12.9. The van der Waals surface area contributed by atoms with Crippen LogP contribution in [0, 0.1) is 0 Å². The van der Waals surface area contributed by atoms with Crippen molar-refractivity contribution in [1.29, 1.82) is 0 Å². The Morgan fingerprint density at radius 3 is 2.79 bits per heavy atom. The molecular weight excluding hydrogens is 388 g/mol. The quantitative estimate of drug-likeness (QED) is 0.348. The van der Waals surface area contributed by atoms with E-state index in [1.54, 1.807) is 18.2 Å². The number of nitrogens with two attached hydrogens (primary N) is 1. The Kier molecular flexibility index (Phi) is 7.24. The van der Waals surface area contributed by atoms with Crippen molar-refractivity contribution >= 4 is 21.7 Å². The molecule has 2 aromatic carbocycles. The lowest BCUT2D eigenvalue weighted by molar-refractivity contribution is 0.204. The number of hydrogen-bond acceptors (Lipinski definition) is 4. The van der Waals surface area contributed by atoms with E-state index in [4.69, 9.17) is 10.5 Å². The molecule has 3 rings (SSSR count). The van der Waals surface area contributed by atoms with Crippen LogP contribution in [0.1, 0.15) is 29.5 Å². The summed E-state index contributed by atoms with van der Waals surface area (Å²) in [5.74, 6) is 0.315. The van der Waals surface area contributed by atoms with E-state index < -0.39 is 10.0 Å². The lowest BCUT2D eigenvalue weighted by Crippen LogP contribution is -2.27. The first-order valence-electron chi connectivity index (χ1n) is 9.75. The maximum Gasteiger partial charge on any atom is 0.240 e. The number of aryl methyl sites for hydroxylation is 1. The average molecular weight is 417 g/mol. The van der Waals surface area contributed by atoms with E-state index in [2.05, 4.69) is 21.1 Å². The molecule has 0 saturated carbocycles. The number of rotatable bonds is 8. The summed E-state index contributed by atoms with van der Waals surface area (Å²) in [5, 5.41) is 3.20. The molecule has 0 unspecified atom stereocenters. The van der Waals surface area contributed by atoms with Gasteiger partial charge in [0.2, 0.25) is 10.0 Å². The zero-order chi connectivity index (χ0) is 20.7. The summed E-state index contributed by atoms with van der Waals surface area (Å²) < 4.78 is 32.1. The molecule has 0 aliphatic heterocycles. The SMILES string of the molecule is COCCNS(=O)(=O)c1cccc(CN=C(N)Nc2cccc3c2CCCC3)c1. The summed E-state index contributed by atoms with van der Waals surface area (Å²) in [7, 11) is -2.05. The maximum atomic E-state index is 12.3. The van der Waals surface area contributed by atoms with E-state index in [9.17, 15) is 8.42 Å². The van der Waals surface area contributed by atoms with Crippen LogP contribution < -0.4 is 15.8 Å². The number of aliphatic imine (C=N–C) groups is 1. The molecule has 2 aromatic rings. The molecule has 0 bridgehead atoms. The number of anilines is 1. The van der Waals surface area contributed by atoms with Gasteiger partial charge in [0, 0.05) is 19.3 Å². The molecule has 0 saturated heterocycles. The Morgan fingerprint density at radius 1 is 1.17 bits per heavy atom. The number of methoxy groups -OCH3 is 1. The van der Waals surface area contributed by atoms with Crippen molar-refractivity contribution in [2.24, 2.45) is 10.7 Å². The summed E-state index contributed by atoms with van der Waals surface area (Å²) in [5.41, 5.74) is 10.5.